The average molecular weight is 437 g/mol. The predicted molar refractivity (Wildman–Crippen MR) is 117 cm³/mol. The van der Waals surface area contributed by atoms with Gasteiger partial charge in [-0.25, -0.2) is 0 Å². The molecule has 1 fully saturated rings. The van der Waals surface area contributed by atoms with Crippen LogP contribution in [0.25, 0.3) is 0 Å². The first-order valence-electron chi connectivity index (χ1n) is 10.9. The number of ketones is 1. The Hall–Kier alpha value is -2.71. The fraction of sp³-hybridized carbons (Fsp3) is 0.682. The number of carbonyl (C=O) groups is 5. The summed E-state index contributed by atoms with van der Waals surface area (Å²) in [6.45, 7) is 9.38. The number of Topliss-reactive ketones (excluding diaryl/α,β-unsaturated/α-hetero) is 1. The van der Waals surface area contributed by atoms with Crippen molar-refractivity contribution < 1.29 is 24.0 Å². The maximum Gasteiger partial charge on any atom is 0.290 e. The molecule has 1 aliphatic rings. The Kier molecular flexibility index (Phi) is 10.9. The van der Waals surface area contributed by atoms with Crippen molar-refractivity contribution in [3.63, 3.8) is 0 Å². The third kappa shape index (κ3) is 9.31. The second-order valence-corrected chi connectivity index (χ2v) is 8.66. The van der Waals surface area contributed by atoms with Crippen molar-refractivity contribution >= 4 is 29.4 Å². The predicted octanol–water partition coefficient (Wildman–Crippen LogP) is 0.588. The third-order valence-electron chi connectivity index (χ3n) is 4.99. The van der Waals surface area contributed by atoms with E-state index in [-0.39, 0.29) is 18.9 Å². The van der Waals surface area contributed by atoms with E-state index in [1.807, 2.05) is 0 Å². The van der Waals surface area contributed by atoms with Gasteiger partial charge in [-0.1, -0.05) is 33.8 Å². The molecule has 4 N–H and O–H groups in total. The summed E-state index contributed by atoms with van der Waals surface area (Å²) in [5.74, 6) is -2.84. The lowest BCUT2D eigenvalue weighted by molar-refractivity contribution is -0.141. The van der Waals surface area contributed by atoms with Crippen LogP contribution in [-0.4, -0.2) is 54.1 Å². The Morgan fingerprint density at radius 3 is 2.39 bits per heavy atom. The smallest absolute Gasteiger partial charge is 0.290 e. The Balaban J connectivity index is 2.90. The molecule has 0 saturated carbocycles. The van der Waals surface area contributed by atoms with Gasteiger partial charge < -0.3 is 21.3 Å². The van der Waals surface area contributed by atoms with Gasteiger partial charge in [0.15, 0.2) is 0 Å². The molecule has 0 aromatic carbocycles. The minimum Gasteiger partial charge on any atom is -0.354 e. The van der Waals surface area contributed by atoms with Gasteiger partial charge in [0.05, 0.1) is 6.04 Å². The highest BCUT2D eigenvalue weighted by molar-refractivity contribution is 6.38. The number of hydrogen-bond donors (Lipinski definition) is 4. The molecule has 0 spiro atoms. The van der Waals surface area contributed by atoms with E-state index in [0.29, 0.717) is 12.3 Å². The molecule has 4 amide bonds. The summed E-state index contributed by atoms with van der Waals surface area (Å²) in [5.41, 5.74) is 0. The molecular weight excluding hydrogens is 400 g/mol. The fourth-order valence-corrected chi connectivity index (χ4v) is 3.06. The van der Waals surface area contributed by atoms with Gasteiger partial charge in [-0.05, 0) is 50.5 Å². The van der Waals surface area contributed by atoms with E-state index >= 15 is 0 Å². The summed E-state index contributed by atoms with van der Waals surface area (Å²) in [6, 6.07) is -2.84. The first-order valence-corrected chi connectivity index (χ1v) is 10.9. The van der Waals surface area contributed by atoms with Gasteiger partial charge in [0.1, 0.15) is 12.1 Å². The zero-order valence-electron chi connectivity index (χ0n) is 19.1. The highest BCUT2D eigenvalue weighted by Gasteiger charge is 2.31. The summed E-state index contributed by atoms with van der Waals surface area (Å²) in [4.78, 5) is 61.9. The van der Waals surface area contributed by atoms with Crippen molar-refractivity contribution in [3.05, 3.63) is 12.2 Å². The first kappa shape index (κ1) is 26.3. The van der Waals surface area contributed by atoms with Crippen molar-refractivity contribution in [1.82, 2.24) is 21.3 Å². The van der Waals surface area contributed by atoms with Crippen LogP contribution >= 0.6 is 0 Å². The monoisotopic (exact) mass is 436 g/mol. The van der Waals surface area contributed by atoms with Crippen molar-refractivity contribution in [1.29, 1.82) is 0 Å². The van der Waals surface area contributed by atoms with Crippen LogP contribution in [0.5, 0.6) is 0 Å². The molecule has 9 nitrogen and oxygen atoms in total. The van der Waals surface area contributed by atoms with Crippen LogP contribution in [0.1, 0.15) is 60.3 Å². The summed E-state index contributed by atoms with van der Waals surface area (Å²) in [7, 11) is 0. The minimum atomic E-state index is -1.09. The van der Waals surface area contributed by atoms with Gasteiger partial charge in [-0.3, -0.25) is 24.0 Å². The van der Waals surface area contributed by atoms with Crippen molar-refractivity contribution in [2.24, 2.45) is 11.8 Å². The molecule has 0 aromatic heterocycles. The maximum atomic E-state index is 12.6. The Morgan fingerprint density at radius 1 is 1.10 bits per heavy atom. The second-order valence-electron chi connectivity index (χ2n) is 8.66. The zero-order chi connectivity index (χ0) is 23.6. The SMILES string of the molecule is CC(C)CCC=CC(=O)NC1CCCNC(=O)C(C(C)C)NC(=O)C(=O)C(C)NC1=O. The quantitative estimate of drug-likeness (QED) is 0.357. The van der Waals surface area contributed by atoms with E-state index in [1.54, 1.807) is 19.9 Å². The van der Waals surface area contributed by atoms with Crippen LogP contribution in [0.3, 0.4) is 0 Å². The van der Waals surface area contributed by atoms with Gasteiger partial charge in [-0.2, -0.15) is 0 Å². The summed E-state index contributed by atoms with van der Waals surface area (Å²) >= 11 is 0. The third-order valence-corrected chi connectivity index (χ3v) is 4.99. The number of nitrogens with one attached hydrogen (secondary N) is 4. The topological polar surface area (TPSA) is 133 Å². The van der Waals surface area contributed by atoms with Crippen LogP contribution in [0.15, 0.2) is 12.2 Å². The molecule has 0 bridgehead atoms. The van der Waals surface area contributed by atoms with Crippen molar-refractivity contribution in [2.45, 2.75) is 78.4 Å². The Bertz CT molecular complexity index is 702. The number of rotatable bonds is 6. The number of carbonyl (C=O) groups excluding carboxylic acids is 5. The van der Waals surface area contributed by atoms with E-state index in [2.05, 4.69) is 35.1 Å². The lowest BCUT2D eigenvalue weighted by atomic mass is 10.0. The molecule has 0 aliphatic carbocycles. The van der Waals surface area contributed by atoms with Crippen LogP contribution in [0.2, 0.25) is 0 Å². The molecule has 3 atom stereocenters. The van der Waals surface area contributed by atoms with Crippen LogP contribution in [0, 0.1) is 11.8 Å². The molecule has 174 valence electrons. The van der Waals surface area contributed by atoms with Crippen LogP contribution in [-0.2, 0) is 24.0 Å². The van der Waals surface area contributed by atoms with E-state index < -0.39 is 47.5 Å². The van der Waals surface area contributed by atoms with Gasteiger partial charge in [0, 0.05) is 6.54 Å². The van der Waals surface area contributed by atoms with Gasteiger partial charge >= 0.3 is 0 Å². The fourth-order valence-electron chi connectivity index (χ4n) is 3.06. The molecule has 3 unspecified atom stereocenters. The highest BCUT2D eigenvalue weighted by Crippen LogP contribution is 2.06. The Labute approximate surface area is 184 Å². The summed E-state index contributed by atoms with van der Waals surface area (Å²) in [6.07, 6.45) is 5.57. The molecule has 1 heterocycles. The van der Waals surface area contributed by atoms with Crippen LogP contribution < -0.4 is 21.3 Å². The standard InChI is InChI=1S/C22H36N4O5/c1-13(2)9-6-7-11-17(27)25-16-10-8-12-23-21(30)18(14(3)4)26-22(31)19(28)15(5)24-20(16)29/h7,11,13-16,18H,6,8-10,12H2,1-5H3,(H,23,30)(H,24,29)(H,25,27)(H,26,31). The molecular formula is C22H36N4O5. The zero-order valence-corrected chi connectivity index (χ0v) is 19.1. The molecule has 1 aliphatic heterocycles. The normalized spacial score (nSPS) is 24.2. The van der Waals surface area contributed by atoms with E-state index in [4.69, 9.17) is 0 Å². The highest BCUT2D eigenvalue weighted by atomic mass is 16.2. The van der Waals surface area contributed by atoms with Gasteiger partial charge in [0.2, 0.25) is 23.5 Å². The van der Waals surface area contributed by atoms with Crippen molar-refractivity contribution in [3.8, 4) is 0 Å². The van der Waals surface area contributed by atoms with E-state index in [1.165, 1.54) is 13.0 Å². The largest absolute Gasteiger partial charge is 0.354 e. The summed E-state index contributed by atoms with van der Waals surface area (Å²) < 4.78 is 0. The van der Waals surface area contributed by atoms with Gasteiger partial charge in [-0.15, -0.1) is 0 Å². The average Bonchev–Trinajstić information content (AvgIpc) is 2.69. The minimum absolute atomic E-state index is 0.221. The molecule has 31 heavy (non-hydrogen) atoms. The van der Waals surface area contributed by atoms with Crippen molar-refractivity contribution in [2.75, 3.05) is 6.54 Å². The molecule has 1 rings (SSSR count). The Morgan fingerprint density at radius 2 is 1.77 bits per heavy atom. The number of hydrogen-bond acceptors (Lipinski definition) is 5. The molecule has 9 heteroatoms. The lowest BCUT2D eigenvalue weighted by Gasteiger charge is -2.22. The van der Waals surface area contributed by atoms with Crippen LogP contribution in [0.4, 0.5) is 0 Å². The number of allylic oxidation sites excluding steroid dienone is 1. The molecule has 1 saturated heterocycles. The second kappa shape index (κ2) is 12.9. The van der Waals surface area contributed by atoms with Gasteiger partial charge in [0.25, 0.3) is 5.91 Å². The lowest BCUT2D eigenvalue weighted by Crippen LogP contribution is -2.55. The number of amides is 4. The summed E-state index contributed by atoms with van der Waals surface area (Å²) in [5, 5.41) is 10.3. The van der Waals surface area contributed by atoms with E-state index in [0.717, 1.165) is 12.8 Å². The van der Waals surface area contributed by atoms with E-state index in [9.17, 15) is 24.0 Å². The molecule has 0 radical (unpaired) electrons. The maximum absolute atomic E-state index is 12.6. The first-order chi connectivity index (χ1) is 14.5. The molecule has 0 aromatic rings.